The Morgan fingerprint density at radius 1 is 1.43 bits per heavy atom. The maximum Gasteiger partial charge on any atom is 0.409 e. The number of nitrogens with two attached hydrogens (primary N) is 1. The Morgan fingerprint density at radius 2 is 2.14 bits per heavy atom. The molecule has 1 aromatic heterocycles. The van der Waals surface area contributed by atoms with E-state index < -0.39 is 5.91 Å². The number of nitrogen functional groups attached to an aromatic ring is 1. The molecule has 0 unspecified atom stereocenters. The van der Waals surface area contributed by atoms with E-state index >= 15 is 0 Å². The molecule has 0 spiro atoms. The van der Waals surface area contributed by atoms with Gasteiger partial charge in [0, 0.05) is 32.2 Å². The minimum Gasteiger partial charge on any atom is -0.450 e. The van der Waals surface area contributed by atoms with E-state index in [4.69, 9.17) is 15.1 Å². The fraction of sp³-hybridized carbons (Fsp3) is 0.583. The molecule has 1 fully saturated rings. The lowest BCUT2D eigenvalue weighted by atomic mass is 10.3. The van der Waals surface area contributed by atoms with Crippen LogP contribution in [0.4, 0.5) is 4.79 Å². The molecule has 0 saturated carbocycles. The summed E-state index contributed by atoms with van der Waals surface area (Å²) in [6.45, 7) is 5.31. The highest BCUT2D eigenvalue weighted by atomic mass is 16.6. The summed E-state index contributed by atoms with van der Waals surface area (Å²) < 4.78 is 10.1. The molecule has 9 heteroatoms. The van der Waals surface area contributed by atoms with Crippen molar-refractivity contribution in [3.8, 4) is 0 Å². The van der Waals surface area contributed by atoms with Crippen LogP contribution in [0.15, 0.2) is 10.6 Å². The van der Waals surface area contributed by atoms with Crippen LogP contribution in [0.1, 0.15) is 23.2 Å². The Balaban J connectivity index is 1.82. The molecule has 0 bridgehead atoms. The molecular formula is C12H19N5O4. The van der Waals surface area contributed by atoms with E-state index in [0.717, 1.165) is 0 Å². The average Bonchev–Trinajstić information content (AvgIpc) is 2.96. The maximum absolute atomic E-state index is 11.6. The third-order valence-electron chi connectivity index (χ3n) is 3.20. The van der Waals surface area contributed by atoms with E-state index in [1.54, 1.807) is 17.9 Å². The van der Waals surface area contributed by atoms with Gasteiger partial charge in [0.05, 0.1) is 13.2 Å². The smallest absolute Gasteiger partial charge is 0.409 e. The topological polar surface area (TPSA) is 114 Å². The zero-order chi connectivity index (χ0) is 15.2. The molecule has 0 aliphatic carbocycles. The van der Waals surface area contributed by atoms with Crippen LogP contribution in [0.25, 0.3) is 0 Å². The minimum absolute atomic E-state index is 0.151. The van der Waals surface area contributed by atoms with Gasteiger partial charge in [-0.05, 0) is 6.92 Å². The highest BCUT2D eigenvalue weighted by Crippen LogP contribution is 2.10. The molecule has 1 saturated heterocycles. The first-order valence-corrected chi connectivity index (χ1v) is 6.74. The van der Waals surface area contributed by atoms with Crippen LogP contribution in [-0.2, 0) is 11.3 Å². The van der Waals surface area contributed by atoms with Gasteiger partial charge in [-0.25, -0.2) is 10.6 Å². The Morgan fingerprint density at radius 3 is 2.76 bits per heavy atom. The largest absolute Gasteiger partial charge is 0.450 e. The van der Waals surface area contributed by atoms with Gasteiger partial charge in [0.15, 0.2) is 11.5 Å². The summed E-state index contributed by atoms with van der Waals surface area (Å²) in [4.78, 5) is 26.6. The summed E-state index contributed by atoms with van der Waals surface area (Å²) in [7, 11) is 0. The van der Waals surface area contributed by atoms with E-state index in [-0.39, 0.29) is 11.8 Å². The van der Waals surface area contributed by atoms with Crippen molar-refractivity contribution in [2.24, 2.45) is 5.84 Å². The summed E-state index contributed by atoms with van der Waals surface area (Å²) in [5.41, 5.74) is 2.15. The van der Waals surface area contributed by atoms with E-state index in [9.17, 15) is 9.59 Å². The van der Waals surface area contributed by atoms with Gasteiger partial charge in [0.2, 0.25) is 0 Å². The van der Waals surface area contributed by atoms with Crippen molar-refractivity contribution in [3.63, 3.8) is 0 Å². The molecule has 1 aliphatic heterocycles. The fourth-order valence-corrected chi connectivity index (χ4v) is 2.09. The third kappa shape index (κ3) is 3.92. The van der Waals surface area contributed by atoms with Gasteiger partial charge in [-0.15, -0.1) is 0 Å². The van der Waals surface area contributed by atoms with E-state index in [2.05, 4.69) is 10.1 Å². The van der Waals surface area contributed by atoms with E-state index in [1.807, 2.05) is 5.43 Å². The quantitative estimate of drug-likeness (QED) is 0.439. The molecule has 0 atom stereocenters. The van der Waals surface area contributed by atoms with Gasteiger partial charge >= 0.3 is 6.09 Å². The highest BCUT2D eigenvalue weighted by molar-refractivity contribution is 5.91. The van der Waals surface area contributed by atoms with Crippen molar-refractivity contribution >= 4 is 12.0 Å². The van der Waals surface area contributed by atoms with Gasteiger partial charge in [0.1, 0.15) is 0 Å². The maximum atomic E-state index is 11.6. The fourth-order valence-electron chi connectivity index (χ4n) is 2.09. The minimum atomic E-state index is -0.489. The number of nitrogens with zero attached hydrogens (tertiary/aromatic N) is 3. The monoisotopic (exact) mass is 297 g/mol. The molecule has 2 rings (SSSR count). The summed E-state index contributed by atoms with van der Waals surface area (Å²) in [6, 6.07) is 1.56. The highest BCUT2D eigenvalue weighted by Gasteiger charge is 2.23. The molecule has 0 radical (unpaired) electrons. The van der Waals surface area contributed by atoms with E-state index in [1.165, 1.54) is 0 Å². The molecule has 9 nitrogen and oxygen atoms in total. The number of aromatic nitrogens is 1. The lowest BCUT2D eigenvalue weighted by molar-refractivity contribution is 0.0754. The number of nitrogens with one attached hydrogen (secondary N) is 1. The first kappa shape index (κ1) is 15.3. The van der Waals surface area contributed by atoms with Crippen molar-refractivity contribution in [1.82, 2.24) is 20.4 Å². The summed E-state index contributed by atoms with van der Waals surface area (Å²) in [5, 5.41) is 3.64. The Kier molecular flexibility index (Phi) is 5.12. The van der Waals surface area contributed by atoms with Crippen molar-refractivity contribution in [2.45, 2.75) is 13.5 Å². The number of hydrazine groups is 1. The van der Waals surface area contributed by atoms with Gasteiger partial charge < -0.3 is 14.2 Å². The zero-order valence-corrected chi connectivity index (χ0v) is 11.9. The number of hydrogen-bond acceptors (Lipinski definition) is 7. The van der Waals surface area contributed by atoms with Gasteiger partial charge in [-0.1, -0.05) is 5.16 Å². The lowest BCUT2D eigenvalue weighted by Gasteiger charge is -2.33. The Bertz CT molecular complexity index is 496. The zero-order valence-electron chi connectivity index (χ0n) is 11.9. The standard InChI is InChI=1S/C12H19N5O4/c1-2-20-12(19)17-5-3-16(4-6-17)8-9-7-10(15-21-9)11(18)14-13/h7H,2-6,8,13H2,1H3,(H,14,18). The van der Waals surface area contributed by atoms with Crippen molar-refractivity contribution in [2.75, 3.05) is 32.8 Å². The molecule has 2 amide bonds. The number of ether oxygens (including phenoxy) is 1. The molecule has 0 aromatic carbocycles. The first-order valence-electron chi connectivity index (χ1n) is 6.74. The second-order valence-corrected chi connectivity index (χ2v) is 4.61. The SMILES string of the molecule is CCOC(=O)N1CCN(Cc2cc(C(=O)NN)no2)CC1. The molecule has 116 valence electrons. The van der Waals surface area contributed by atoms with Crippen LogP contribution in [0.2, 0.25) is 0 Å². The Hall–Kier alpha value is -2.13. The van der Waals surface area contributed by atoms with Gasteiger partial charge in [-0.2, -0.15) is 0 Å². The van der Waals surface area contributed by atoms with Gasteiger partial charge in [0.25, 0.3) is 5.91 Å². The molecule has 1 aliphatic rings. The number of hydrogen-bond donors (Lipinski definition) is 2. The first-order chi connectivity index (χ1) is 10.1. The molecule has 21 heavy (non-hydrogen) atoms. The van der Waals surface area contributed by atoms with Gasteiger partial charge in [-0.3, -0.25) is 15.1 Å². The molecule has 1 aromatic rings. The van der Waals surface area contributed by atoms with Crippen LogP contribution in [-0.4, -0.2) is 59.7 Å². The van der Waals surface area contributed by atoms with Crippen molar-refractivity contribution in [1.29, 1.82) is 0 Å². The van der Waals surface area contributed by atoms with Crippen LogP contribution >= 0.6 is 0 Å². The average molecular weight is 297 g/mol. The van der Waals surface area contributed by atoms with Crippen molar-refractivity contribution in [3.05, 3.63) is 17.5 Å². The van der Waals surface area contributed by atoms with Crippen LogP contribution in [0.3, 0.4) is 0 Å². The number of carbonyl (C=O) groups is 2. The predicted octanol–water partition coefficient (Wildman–Crippen LogP) is -0.448. The van der Waals surface area contributed by atoms with E-state index in [0.29, 0.717) is 45.1 Å². The normalized spacial score (nSPS) is 15.8. The van der Waals surface area contributed by atoms with Crippen LogP contribution in [0.5, 0.6) is 0 Å². The van der Waals surface area contributed by atoms with Crippen LogP contribution in [0, 0.1) is 0 Å². The summed E-state index contributed by atoms with van der Waals surface area (Å²) in [6.07, 6.45) is -0.279. The van der Waals surface area contributed by atoms with Crippen LogP contribution < -0.4 is 11.3 Å². The Labute approximate surface area is 121 Å². The molecule has 3 N–H and O–H groups in total. The predicted molar refractivity (Wildman–Crippen MR) is 72.0 cm³/mol. The summed E-state index contributed by atoms with van der Waals surface area (Å²) in [5.74, 6) is 5.12. The third-order valence-corrected chi connectivity index (χ3v) is 3.20. The second-order valence-electron chi connectivity index (χ2n) is 4.61. The number of carbonyl (C=O) groups excluding carboxylic acids is 2. The summed E-state index contributed by atoms with van der Waals surface area (Å²) >= 11 is 0. The molecule has 2 heterocycles. The second kappa shape index (κ2) is 7.04. The lowest BCUT2D eigenvalue weighted by Crippen LogP contribution is -2.48. The number of rotatable bonds is 4. The number of amides is 2. The number of piperazine rings is 1. The molecular weight excluding hydrogens is 278 g/mol. The van der Waals surface area contributed by atoms with Crippen molar-refractivity contribution < 1.29 is 18.8 Å².